The quantitative estimate of drug-likeness (QED) is 0.648. The SMILES string of the molecule is CCN(C(=O)NCCCN(C)C)C1COCC1C(=O)O. The van der Waals surface area contributed by atoms with Gasteiger partial charge >= 0.3 is 12.0 Å². The average Bonchev–Trinajstić information content (AvgIpc) is 2.84. The average molecular weight is 287 g/mol. The molecule has 116 valence electrons. The lowest BCUT2D eigenvalue weighted by atomic mass is 10.0. The number of carboxylic acid groups (broad SMARTS) is 1. The highest BCUT2D eigenvalue weighted by molar-refractivity contribution is 5.77. The first-order valence-electron chi connectivity index (χ1n) is 6.97. The molecule has 7 nitrogen and oxygen atoms in total. The summed E-state index contributed by atoms with van der Waals surface area (Å²) in [7, 11) is 3.96. The van der Waals surface area contributed by atoms with E-state index in [1.165, 1.54) is 0 Å². The molecular formula is C13H25N3O4. The summed E-state index contributed by atoms with van der Waals surface area (Å²) in [5, 5.41) is 12.0. The zero-order chi connectivity index (χ0) is 15.1. The van der Waals surface area contributed by atoms with E-state index in [4.69, 9.17) is 9.84 Å². The molecular weight excluding hydrogens is 262 g/mol. The van der Waals surface area contributed by atoms with Gasteiger partial charge in [-0.1, -0.05) is 0 Å². The van der Waals surface area contributed by atoms with Gasteiger partial charge in [0.25, 0.3) is 0 Å². The maximum atomic E-state index is 12.1. The van der Waals surface area contributed by atoms with E-state index in [2.05, 4.69) is 10.2 Å². The van der Waals surface area contributed by atoms with E-state index < -0.39 is 11.9 Å². The Morgan fingerprint density at radius 2 is 2.05 bits per heavy atom. The maximum Gasteiger partial charge on any atom is 0.317 e. The van der Waals surface area contributed by atoms with Crippen molar-refractivity contribution in [1.82, 2.24) is 15.1 Å². The molecule has 0 aromatic carbocycles. The predicted octanol–water partition coefficient (Wildman–Crippen LogP) is 0.0692. The summed E-state index contributed by atoms with van der Waals surface area (Å²) in [6.45, 7) is 4.25. The number of nitrogens with one attached hydrogen (secondary N) is 1. The van der Waals surface area contributed by atoms with Crippen LogP contribution in [0.1, 0.15) is 13.3 Å². The fourth-order valence-electron chi connectivity index (χ4n) is 2.31. The van der Waals surface area contributed by atoms with Gasteiger partial charge in [-0.05, 0) is 34.0 Å². The van der Waals surface area contributed by atoms with Gasteiger partial charge in [-0.25, -0.2) is 4.79 Å². The van der Waals surface area contributed by atoms with Crippen LogP contribution < -0.4 is 5.32 Å². The molecule has 0 bridgehead atoms. The van der Waals surface area contributed by atoms with Gasteiger partial charge < -0.3 is 25.0 Å². The van der Waals surface area contributed by atoms with Crippen molar-refractivity contribution in [1.29, 1.82) is 0 Å². The van der Waals surface area contributed by atoms with Crippen molar-refractivity contribution in [2.45, 2.75) is 19.4 Å². The summed E-state index contributed by atoms with van der Waals surface area (Å²) in [5.41, 5.74) is 0. The number of amides is 2. The fraction of sp³-hybridized carbons (Fsp3) is 0.846. The van der Waals surface area contributed by atoms with Gasteiger partial charge in [0, 0.05) is 13.1 Å². The van der Waals surface area contributed by atoms with Crippen LogP contribution in [0, 0.1) is 5.92 Å². The topological polar surface area (TPSA) is 82.1 Å². The molecule has 0 aliphatic carbocycles. The predicted molar refractivity (Wildman–Crippen MR) is 74.7 cm³/mol. The van der Waals surface area contributed by atoms with Crippen molar-refractivity contribution in [3.8, 4) is 0 Å². The molecule has 2 atom stereocenters. The normalized spacial score (nSPS) is 22.0. The number of hydrogen-bond acceptors (Lipinski definition) is 4. The van der Waals surface area contributed by atoms with Crippen molar-refractivity contribution in [3.63, 3.8) is 0 Å². The molecule has 1 saturated heterocycles. The Morgan fingerprint density at radius 3 is 2.60 bits per heavy atom. The van der Waals surface area contributed by atoms with Crippen molar-refractivity contribution in [3.05, 3.63) is 0 Å². The van der Waals surface area contributed by atoms with Crippen LogP contribution in [0.3, 0.4) is 0 Å². The number of rotatable bonds is 7. The molecule has 1 aliphatic heterocycles. The molecule has 2 unspecified atom stereocenters. The highest BCUT2D eigenvalue weighted by Gasteiger charge is 2.39. The molecule has 1 aliphatic rings. The first-order chi connectivity index (χ1) is 9.47. The summed E-state index contributed by atoms with van der Waals surface area (Å²) in [5.74, 6) is -1.55. The molecule has 0 radical (unpaired) electrons. The molecule has 0 aromatic heterocycles. The lowest BCUT2D eigenvalue weighted by Crippen LogP contribution is -2.50. The first kappa shape index (κ1) is 16.7. The highest BCUT2D eigenvalue weighted by atomic mass is 16.5. The molecule has 2 amide bonds. The Hall–Kier alpha value is -1.34. The molecule has 2 N–H and O–H groups in total. The fourth-order valence-corrected chi connectivity index (χ4v) is 2.31. The smallest absolute Gasteiger partial charge is 0.317 e. The van der Waals surface area contributed by atoms with Gasteiger partial charge in [0.05, 0.1) is 19.3 Å². The third-order valence-corrected chi connectivity index (χ3v) is 3.43. The molecule has 1 heterocycles. The number of hydrogen-bond donors (Lipinski definition) is 2. The number of urea groups is 1. The Bertz CT molecular complexity index is 336. The minimum absolute atomic E-state index is 0.171. The summed E-state index contributed by atoms with van der Waals surface area (Å²) in [6.07, 6.45) is 0.861. The minimum atomic E-state index is -0.911. The lowest BCUT2D eigenvalue weighted by Gasteiger charge is -2.29. The van der Waals surface area contributed by atoms with Gasteiger partial charge in [0.15, 0.2) is 0 Å². The summed E-state index contributed by atoms with van der Waals surface area (Å²) in [6, 6.07) is -0.598. The number of carboxylic acids is 1. The zero-order valence-corrected chi connectivity index (χ0v) is 12.5. The highest BCUT2D eigenvalue weighted by Crippen LogP contribution is 2.20. The van der Waals surface area contributed by atoms with Crippen LogP contribution in [0.5, 0.6) is 0 Å². The van der Waals surface area contributed by atoms with Crippen LogP contribution in [-0.2, 0) is 9.53 Å². The van der Waals surface area contributed by atoms with Crippen LogP contribution in [0.25, 0.3) is 0 Å². The third-order valence-electron chi connectivity index (χ3n) is 3.43. The minimum Gasteiger partial charge on any atom is -0.481 e. The number of nitrogens with zero attached hydrogens (tertiary/aromatic N) is 2. The number of ether oxygens (including phenoxy) is 1. The van der Waals surface area contributed by atoms with Crippen LogP contribution in [0.15, 0.2) is 0 Å². The van der Waals surface area contributed by atoms with Crippen molar-refractivity contribution >= 4 is 12.0 Å². The van der Waals surface area contributed by atoms with Crippen LogP contribution >= 0.6 is 0 Å². The van der Waals surface area contributed by atoms with Crippen molar-refractivity contribution in [2.24, 2.45) is 5.92 Å². The second-order valence-corrected chi connectivity index (χ2v) is 5.22. The number of likely N-dealkylation sites (N-methyl/N-ethyl adjacent to an activating group) is 1. The van der Waals surface area contributed by atoms with E-state index in [9.17, 15) is 9.59 Å². The second kappa shape index (κ2) is 8.06. The summed E-state index contributed by atoms with van der Waals surface area (Å²) in [4.78, 5) is 26.9. The van der Waals surface area contributed by atoms with Gasteiger partial charge in [0.2, 0.25) is 0 Å². The Morgan fingerprint density at radius 1 is 1.35 bits per heavy atom. The van der Waals surface area contributed by atoms with Gasteiger partial charge in [0.1, 0.15) is 5.92 Å². The van der Waals surface area contributed by atoms with E-state index in [1.807, 2.05) is 21.0 Å². The van der Waals surface area contributed by atoms with Crippen LogP contribution in [-0.4, -0.2) is 79.9 Å². The second-order valence-electron chi connectivity index (χ2n) is 5.22. The van der Waals surface area contributed by atoms with E-state index in [1.54, 1.807) is 4.90 Å². The Kier molecular flexibility index (Phi) is 6.74. The molecule has 1 fully saturated rings. The molecule has 0 aromatic rings. The number of carbonyl (C=O) groups is 2. The number of carbonyl (C=O) groups excluding carboxylic acids is 1. The van der Waals surface area contributed by atoms with Gasteiger partial charge in [-0.3, -0.25) is 4.79 Å². The lowest BCUT2D eigenvalue weighted by molar-refractivity contribution is -0.142. The number of aliphatic carboxylic acids is 1. The molecule has 0 spiro atoms. The van der Waals surface area contributed by atoms with Gasteiger partial charge in [-0.2, -0.15) is 0 Å². The van der Waals surface area contributed by atoms with E-state index in [-0.39, 0.29) is 25.3 Å². The van der Waals surface area contributed by atoms with Crippen LogP contribution in [0.4, 0.5) is 4.79 Å². The largest absolute Gasteiger partial charge is 0.481 e. The molecule has 1 rings (SSSR count). The van der Waals surface area contributed by atoms with Gasteiger partial charge in [-0.15, -0.1) is 0 Å². The Balaban J connectivity index is 2.48. The third kappa shape index (κ3) is 4.64. The van der Waals surface area contributed by atoms with Crippen LogP contribution in [0.2, 0.25) is 0 Å². The first-order valence-corrected chi connectivity index (χ1v) is 6.97. The summed E-state index contributed by atoms with van der Waals surface area (Å²) >= 11 is 0. The van der Waals surface area contributed by atoms with E-state index in [0.29, 0.717) is 13.1 Å². The molecule has 0 saturated carbocycles. The maximum absolute atomic E-state index is 12.1. The van der Waals surface area contributed by atoms with E-state index in [0.717, 1.165) is 13.0 Å². The zero-order valence-electron chi connectivity index (χ0n) is 12.5. The van der Waals surface area contributed by atoms with Crippen molar-refractivity contribution < 1.29 is 19.4 Å². The monoisotopic (exact) mass is 287 g/mol. The Labute approximate surface area is 119 Å². The van der Waals surface area contributed by atoms with Crippen molar-refractivity contribution in [2.75, 3.05) is 46.9 Å². The summed E-state index contributed by atoms with van der Waals surface area (Å²) < 4.78 is 5.21. The van der Waals surface area contributed by atoms with E-state index >= 15 is 0 Å². The molecule has 20 heavy (non-hydrogen) atoms. The molecule has 7 heteroatoms. The standard InChI is InChI=1S/C13H25N3O4/c1-4-16(11-9-20-8-10(11)12(17)18)13(19)14-6-5-7-15(2)3/h10-11H,4-9H2,1-3H3,(H,14,19)(H,17,18).